The Kier molecular flexibility index (Phi) is 7.06. The Morgan fingerprint density at radius 2 is 2.18 bits per heavy atom. The Bertz CT molecular complexity index is 508. The molecule has 0 bridgehead atoms. The average Bonchev–Trinajstić information content (AvgIpc) is 2.81. The van der Waals surface area contributed by atoms with Crippen LogP contribution in [0.25, 0.3) is 0 Å². The highest BCUT2D eigenvalue weighted by Crippen LogP contribution is 2.18. The Morgan fingerprint density at radius 1 is 1.50 bits per heavy atom. The first-order valence-electron chi connectivity index (χ1n) is 7.52. The molecule has 1 aromatic rings. The minimum atomic E-state index is -0.790. The molecule has 0 saturated heterocycles. The highest BCUT2D eigenvalue weighted by molar-refractivity contribution is 7.84. The molecule has 0 aliphatic rings. The molecule has 1 heterocycles. The number of hydrogen-bond donors (Lipinski definition) is 1. The lowest BCUT2D eigenvalue weighted by atomic mass is 10.1. The molecule has 126 valence electrons. The molecule has 0 radical (unpaired) electrons. The zero-order valence-corrected chi connectivity index (χ0v) is 14.9. The van der Waals surface area contributed by atoms with Crippen LogP contribution in [0.15, 0.2) is 12.5 Å². The number of nitrogens with zero attached hydrogens (tertiary/aromatic N) is 2. The van der Waals surface area contributed by atoms with Gasteiger partial charge in [-0.15, -0.1) is 0 Å². The Labute approximate surface area is 135 Å². The van der Waals surface area contributed by atoms with Crippen LogP contribution in [0.5, 0.6) is 0 Å². The summed E-state index contributed by atoms with van der Waals surface area (Å²) in [6.45, 7) is 8.25. The maximum absolute atomic E-state index is 11.9. The summed E-state index contributed by atoms with van der Waals surface area (Å²) >= 11 is 0. The molecule has 1 unspecified atom stereocenters. The first-order valence-corrected chi connectivity index (χ1v) is 9.25. The third-order valence-corrected chi connectivity index (χ3v) is 3.90. The third kappa shape index (κ3) is 6.60. The van der Waals surface area contributed by atoms with Crippen LogP contribution < -0.4 is 5.32 Å². The predicted molar refractivity (Wildman–Crippen MR) is 88.2 cm³/mol. The summed E-state index contributed by atoms with van der Waals surface area (Å²) in [7, 11) is -0.790. The van der Waals surface area contributed by atoms with Crippen molar-refractivity contribution in [3.05, 3.63) is 18.2 Å². The number of imidazole rings is 1. The fourth-order valence-corrected chi connectivity index (χ4v) is 2.62. The van der Waals surface area contributed by atoms with E-state index >= 15 is 0 Å². The summed E-state index contributed by atoms with van der Waals surface area (Å²) < 4.78 is 18.4. The smallest absolute Gasteiger partial charge is 0.408 e. The lowest BCUT2D eigenvalue weighted by Crippen LogP contribution is -2.35. The number of aryl methyl sites for hydroxylation is 1. The SMILES string of the molecule is CC[C@@H](NC(=O)OC(C)(C)C)c1cncn1CCCS(C)=O. The van der Waals surface area contributed by atoms with E-state index in [9.17, 15) is 9.00 Å². The monoisotopic (exact) mass is 329 g/mol. The largest absolute Gasteiger partial charge is 0.444 e. The second-order valence-electron chi connectivity index (χ2n) is 6.25. The van der Waals surface area contributed by atoms with Crippen LogP contribution in [0, 0.1) is 0 Å². The number of carbonyl (C=O) groups excluding carboxylic acids is 1. The van der Waals surface area contributed by atoms with Gasteiger partial charge in [0.1, 0.15) is 5.60 Å². The van der Waals surface area contributed by atoms with Crippen LogP contribution >= 0.6 is 0 Å². The highest BCUT2D eigenvalue weighted by atomic mass is 32.2. The molecule has 1 rings (SSSR count). The first kappa shape index (κ1) is 18.7. The van der Waals surface area contributed by atoms with E-state index < -0.39 is 22.5 Å². The number of ether oxygens (including phenoxy) is 1. The number of amides is 1. The van der Waals surface area contributed by atoms with Gasteiger partial charge >= 0.3 is 6.09 Å². The highest BCUT2D eigenvalue weighted by Gasteiger charge is 2.21. The molecule has 1 amide bonds. The van der Waals surface area contributed by atoms with Gasteiger partial charge in [-0.3, -0.25) is 4.21 Å². The summed E-state index contributed by atoms with van der Waals surface area (Å²) in [4.78, 5) is 16.1. The zero-order chi connectivity index (χ0) is 16.8. The van der Waals surface area contributed by atoms with Gasteiger partial charge in [-0.25, -0.2) is 9.78 Å². The van der Waals surface area contributed by atoms with Gasteiger partial charge in [0.2, 0.25) is 0 Å². The van der Waals surface area contributed by atoms with E-state index in [2.05, 4.69) is 10.3 Å². The van der Waals surface area contributed by atoms with Gasteiger partial charge in [-0.05, 0) is 33.6 Å². The summed E-state index contributed by atoms with van der Waals surface area (Å²) in [5.74, 6) is 0.661. The van der Waals surface area contributed by atoms with E-state index in [-0.39, 0.29) is 6.04 Å². The van der Waals surface area contributed by atoms with Crippen molar-refractivity contribution in [1.82, 2.24) is 14.9 Å². The minimum absolute atomic E-state index is 0.149. The van der Waals surface area contributed by atoms with Crippen LogP contribution in [-0.2, 0) is 22.1 Å². The molecule has 0 aromatic carbocycles. The number of aromatic nitrogens is 2. The third-order valence-electron chi connectivity index (χ3n) is 3.03. The molecule has 7 heteroatoms. The van der Waals surface area contributed by atoms with Crippen molar-refractivity contribution in [2.75, 3.05) is 12.0 Å². The molecule has 0 spiro atoms. The fourth-order valence-electron chi connectivity index (χ4n) is 2.08. The van der Waals surface area contributed by atoms with Crippen LogP contribution in [0.4, 0.5) is 4.79 Å². The van der Waals surface area contributed by atoms with E-state index in [0.717, 1.165) is 25.1 Å². The zero-order valence-electron chi connectivity index (χ0n) is 14.1. The predicted octanol–water partition coefficient (Wildman–Crippen LogP) is 2.63. The minimum Gasteiger partial charge on any atom is -0.444 e. The molecular weight excluding hydrogens is 302 g/mol. The molecule has 22 heavy (non-hydrogen) atoms. The van der Waals surface area contributed by atoms with E-state index in [1.54, 1.807) is 18.8 Å². The first-order chi connectivity index (χ1) is 10.2. The van der Waals surface area contributed by atoms with Gasteiger partial charge in [0, 0.05) is 29.4 Å². The average molecular weight is 329 g/mol. The van der Waals surface area contributed by atoms with Gasteiger partial charge in [-0.1, -0.05) is 6.92 Å². The second-order valence-corrected chi connectivity index (χ2v) is 7.80. The molecular formula is C15H27N3O3S. The maximum Gasteiger partial charge on any atom is 0.408 e. The number of nitrogens with one attached hydrogen (secondary N) is 1. The van der Waals surface area contributed by atoms with E-state index in [1.165, 1.54) is 0 Å². The van der Waals surface area contributed by atoms with Crippen molar-refractivity contribution >= 4 is 16.9 Å². The van der Waals surface area contributed by atoms with Crippen LogP contribution in [0.1, 0.15) is 52.3 Å². The lowest BCUT2D eigenvalue weighted by molar-refractivity contribution is 0.0500. The summed E-state index contributed by atoms with van der Waals surface area (Å²) in [6, 6.07) is -0.149. The van der Waals surface area contributed by atoms with Crippen molar-refractivity contribution in [3.8, 4) is 0 Å². The standard InChI is InChI=1S/C15H27N3O3S/c1-6-12(17-14(19)21-15(2,3)4)13-10-16-11-18(13)8-7-9-22(5)20/h10-12H,6-9H2,1-5H3,(H,17,19)/t12-,22?/m1/s1. The fraction of sp³-hybridized carbons (Fsp3) is 0.733. The summed E-state index contributed by atoms with van der Waals surface area (Å²) in [5.41, 5.74) is 0.420. The van der Waals surface area contributed by atoms with Crippen molar-refractivity contribution in [2.45, 2.75) is 58.7 Å². The number of alkyl carbamates (subject to hydrolysis) is 1. The van der Waals surface area contributed by atoms with Crippen molar-refractivity contribution in [2.24, 2.45) is 0 Å². The van der Waals surface area contributed by atoms with Gasteiger partial charge in [0.25, 0.3) is 0 Å². The number of hydrogen-bond acceptors (Lipinski definition) is 4. The van der Waals surface area contributed by atoms with Gasteiger partial charge < -0.3 is 14.6 Å². The van der Waals surface area contributed by atoms with Crippen LogP contribution in [0.2, 0.25) is 0 Å². The van der Waals surface area contributed by atoms with Crippen LogP contribution in [0.3, 0.4) is 0 Å². The molecule has 0 saturated carbocycles. The van der Waals surface area contributed by atoms with E-state index in [1.807, 2.05) is 32.3 Å². The Hall–Kier alpha value is -1.37. The molecule has 0 aliphatic carbocycles. The summed E-state index contributed by atoms with van der Waals surface area (Å²) in [6.07, 6.45) is 6.33. The quantitative estimate of drug-likeness (QED) is 0.834. The lowest BCUT2D eigenvalue weighted by Gasteiger charge is -2.23. The van der Waals surface area contributed by atoms with E-state index in [4.69, 9.17) is 4.74 Å². The van der Waals surface area contributed by atoms with Crippen molar-refractivity contribution < 1.29 is 13.7 Å². The Morgan fingerprint density at radius 3 is 2.73 bits per heavy atom. The molecule has 2 atom stereocenters. The Balaban J connectivity index is 2.69. The van der Waals surface area contributed by atoms with Crippen LogP contribution in [-0.4, -0.2) is 37.5 Å². The summed E-state index contributed by atoms with van der Waals surface area (Å²) in [5, 5.41) is 2.88. The number of rotatable bonds is 7. The van der Waals surface area contributed by atoms with Gasteiger partial charge in [-0.2, -0.15) is 0 Å². The van der Waals surface area contributed by atoms with Gasteiger partial charge in [0.15, 0.2) is 0 Å². The van der Waals surface area contributed by atoms with E-state index in [0.29, 0.717) is 5.75 Å². The molecule has 0 aliphatic heterocycles. The topological polar surface area (TPSA) is 73.2 Å². The molecule has 1 N–H and O–H groups in total. The molecule has 1 aromatic heterocycles. The van der Waals surface area contributed by atoms with Crippen molar-refractivity contribution in [1.29, 1.82) is 0 Å². The number of carbonyl (C=O) groups is 1. The maximum atomic E-state index is 11.9. The second kappa shape index (κ2) is 8.31. The molecule has 6 nitrogen and oxygen atoms in total. The molecule has 0 fully saturated rings. The van der Waals surface area contributed by atoms with Gasteiger partial charge in [0.05, 0.1) is 24.3 Å². The van der Waals surface area contributed by atoms with Crippen molar-refractivity contribution in [3.63, 3.8) is 0 Å². The normalized spacial score (nSPS) is 14.4.